The van der Waals surface area contributed by atoms with Crippen molar-refractivity contribution in [1.29, 1.82) is 0 Å². The normalized spacial score (nSPS) is 16.3. The third kappa shape index (κ3) is 7.67. The third-order valence-corrected chi connectivity index (χ3v) is 4.88. The van der Waals surface area contributed by atoms with Crippen LogP contribution in [0.3, 0.4) is 0 Å². The van der Waals surface area contributed by atoms with Crippen LogP contribution in [0, 0.1) is 0 Å². The maximum absolute atomic E-state index is 12.9. The predicted molar refractivity (Wildman–Crippen MR) is 103 cm³/mol. The van der Waals surface area contributed by atoms with E-state index < -0.39 is 11.7 Å². The van der Waals surface area contributed by atoms with Crippen molar-refractivity contribution in [3.05, 3.63) is 29.8 Å². The summed E-state index contributed by atoms with van der Waals surface area (Å²) < 4.78 is 38.6. The molecule has 0 radical (unpaired) electrons. The van der Waals surface area contributed by atoms with Crippen molar-refractivity contribution in [2.24, 2.45) is 0 Å². The average molecular weight is 403 g/mol. The number of rotatable bonds is 7. The van der Waals surface area contributed by atoms with Crippen LogP contribution in [0.1, 0.15) is 32.8 Å². The van der Waals surface area contributed by atoms with E-state index in [4.69, 9.17) is 0 Å². The number of nitrogens with zero attached hydrogens (tertiary/aromatic N) is 1. The van der Waals surface area contributed by atoms with Gasteiger partial charge in [0.05, 0.1) is 43.8 Å². The summed E-state index contributed by atoms with van der Waals surface area (Å²) in [6.07, 6.45) is -3.40. The van der Waals surface area contributed by atoms with Crippen LogP contribution >= 0.6 is 0 Å². The zero-order valence-electron chi connectivity index (χ0n) is 17.0. The van der Waals surface area contributed by atoms with E-state index in [0.29, 0.717) is 31.9 Å². The van der Waals surface area contributed by atoms with Crippen molar-refractivity contribution in [2.45, 2.75) is 38.9 Å². The van der Waals surface area contributed by atoms with Gasteiger partial charge in [0, 0.05) is 18.7 Å². The Kier molecular flexibility index (Phi) is 7.71. The molecule has 0 aliphatic carbocycles. The number of hydrogen-bond donors (Lipinski definition) is 3. The van der Waals surface area contributed by atoms with Crippen LogP contribution < -0.4 is 20.4 Å². The molecule has 0 saturated carbocycles. The minimum atomic E-state index is -4.33. The minimum Gasteiger partial charge on any atom is -0.360 e. The second-order valence-electron chi connectivity index (χ2n) is 8.52. The van der Waals surface area contributed by atoms with Gasteiger partial charge in [0.25, 0.3) is 5.91 Å². The Hall–Kier alpha value is -1.80. The van der Waals surface area contributed by atoms with E-state index in [-0.39, 0.29) is 11.4 Å². The molecule has 0 bridgehead atoms. The first-order chi connectivity index (χ1) is 13.0. The highest BCUT2D eigenvalue weighted by atomic mass is 19.4. The summed E-state index contributed by atoms with van der Waals surface area (Å²) in [7, 11) is 0. The number of carbonyl (C=O) groups excluding carboxylic acids is 1. The molecule has 1 aliphatic rings. The second kappa shape index (κ2) is 9.60. The van der Waals surface area contributed by atoms with Crippen LogP contribution in [0.4, 0.5) is 18.9 Å². The fourth-order valence-corrected chi connectivity index (χ4v) is 3.29. The number of hydrogen-bond acceptors (Lipinski definition) is 2. The number of halogens is 3. The van der Waals surface area contributed by atoms with E-state index in [2.05, 4.69) is 31.4 Å². The summed E-state index contributed by atoms with van der Waals surface area (Å²) in [5.41, 5.74) is 0.171. The standard InChI is InChI=1S/C20H31F3N4O/c1-19(2,3)25-9-5-8-24-18(28)15-26-10-12-27(13-11-26)17-7-4-6-16(14-17)20(21,22)23/h4,6-7,14,25H,5,8-13,15H2,1-3H3,(H,24,28)/p+2. The Bertz CT molecular complexity index is 635. The quantitative estimate of drug-likeness (QED) is 0.574. The number of nitrogens with one attached hydrogen (secondary N) is 2. The molecule has 1 saturated heterocycles. The number of benzene rings is 1. The number of carbonyl (C=O) groups is 1. The van der Waals surface area contributed by atoms with E-state index >= 15 is 0 Å². The van der Waals surface area contributed by atoms with Gasteiger partial charge in [0.2, 0.25) is 0 Å². The third-order valence-electron chi connectivity index (χ3n) is 4.88. The van der Waals surface area contributed by atoms with Gasteiger partial charge in [-0.2, -0.15) is 13.2 Å². The molecule has 0 unspecified atom stereocenters. The van der Waals surface area contributed by atoms with Gasteiger partial charge in [0.15, 0.2) is 6.54 Å². The van der Waals surface area contributed by atoms with Crippen LogP contribution in [0.15, 0.2) is 24.3 Å². The molecular formula is C20H33F3N4O+2. The second-order valence-corrected chi connectivity index (χ2v) is 8.52. The number of anilines is 1. The van der Waals surface area contributed by atoms with Crippen LogP contribution in [0.5, 0.6) is 0 Å². The molecular weight excluding hydrogens is 369 g/mol. The van der Waals surface area contributed by atoms with Crippen molar-refractivity contribution >= 4 is 11.6 Å². The number of alkyl halides is 3. The van der Waals surface area contributed by atoms with Crippen molar-refractivity contribution < 1.29 is 28.2 Å². The van der Waals surface area contributed by atoms with E-state index in [9.17, 15) is 18.0 Å². The summed E-state index contributed by atoms with van der Waals surface area (Å²) in [4.78, 5) is 15.2. The van der Waals surface area contributed by atoms with Gasteiger partial charge < -0.3 is 20.4 Å². The van der Waals surface area contributed by atoms with Gasteiger partial charge in [-0.25, -0.2) is 0 Å². The average Bonchev–Trinajstić information content (AvgIpc) is 2.60. The molecule has 0 aromatic heterocycles. The van der Waals surface area contributed by atoms with Crippen LogP contribution in [0.25, 0.3) is 0 Å². The monoisotopic (exact) mass is 402 g/mol. The van der Waals surface area contributed by atoms with Gasteiger partial charge in [-0.15, -0.1) is 0 Å². The van der Waals surface area contributed by atoms with Gasteiger partial charge in [-0.1, -0.05) is 6.07 Å². The summed E-state index contributed by atoms with van der Waals surface area (Å²) in [5.74, 6) is 0.0401. The van der Waals surface area contributed by atoms with E-state index in [1.807, 2.05) is 4.90 Å². The molecule has 5 nitrogen and oxygen atoms in total. The molecule has 1 amide bonds. The number of amides is 1. The zero-order chi connectivity index (χ0) is 20.8. The molecule has 1 heterocycles. The molecule has 1 aliphatic heterocycles. The maximum Gasteiger partial charge on any atom is 0.416 e. The summed E-state index contributed by atoms with van der Waals surface area (Å²) >= 11 is 0. The summed E-state index contributed by atoms with van der Waals surface area (Å²) in [5, 5.41) is 5.23. The smallest absolute Gasteiger partial charge is 0.360 e. The number of nitrogens with two attached hydrogens (primary N) is 1. The predicted octanol–water partition coefficient (Wildman–Crippen LogP) is 0.279. The first kappa shape index (κ1) is 22.5. The van der Waals surface area contributed by atoms with Gasteiger partial charge >= 0.3 is 6.18 Å². The SMILES string of the molecule is CC(C)(C)[NH2+]CCCNC(=O)C[NH+]1CCN(c2cccc(C(F)(F)F)c2)CC1. The van der Waals surface area contributed by atoms with Crippen molar-refractivity contribution in [3.8, 4) is 0 Å². The molecule has 1 aromatic rings. The molecule has 8 heteroatoms. The number of piperazine rings is 1. The van der Waals surface area contributed by atoms with Crippen molar-refractivity contribution in [2.75, 3.05) is 50.7 Å². The maximum atomic E-state index is 12.9. The highest BCUT2D eigenvalue weighted by Crippen LogP contribution is 2.31. The highest BCUT2D eigenvalue weighted by Gasteiger charge is 2.31. The van der Waals surface area contributed by atoms with E-state index in [1.54, 1.807) is 6.07 Å². The summed E-state index contributed by atoms with van der Waals surface area (Å²) in [6.45, 7) is 11.3. The van der Waals surface area contributed by atoms with Crippen molar-refractivity contribution in [3.63, 3.8) is 0 Å². The van der Waals surface area contributed by atoms with Crippen LogP contribution in [-0.2, 0) is 11.0 Å². The first-order valence-electron chi connectivity index (χ1n) is 9.91. The summed E-state index contributed by atoms with van der Waals surface area (Å²) in [6, 6.07) is 5.45. The highest BCUT2D eigenvalue weighted by molar-refractivity contribution is 5.76. The van der Waals surface area contributed by atoms with Crippen LogP contribution in [-0.4, -0.2) is 57.3 Å². The van der Waals surface area contributed by atoms with Gasteiger partial charge in [-0.05, 0) is 39.0 Å². The Morgan fingerprint density at radius 2 is 1.89 bits per heavy atom. The Balaban J connectivity index is 1.70. The van der Waals surface area contributed by atoms with E-state index in [0.717, 1.165) is 32.1 Å². The van der Waals surface area contributed by atoms with Gasteiger partial charge in [0.1, 0.15) is 0 Å². The molecule has 4 N–H and O–H groups in total. The Labute approximate surface area is 165 Å². The Morgan fingerprint density at radius 3 is 2.50 bits per heavy atom. The number of quaternary nitrogens is 2. The lowest BCUT2D eigenvalue weighted by molar-refractivity contribution is -0.892. The Morgan fingerprint density at radius 1 is 1.21 bits per heavy atom. The molecule has 1 fully saturated rings. The topological polar surface area (TPSA) is 53.4 Å². The lowest BCUT2D eigenvalue weighted by Gasteiger charge is -2.33. The zero-order valence-corrected chi connectivity index (χ0v) is 17.0. The van der Waals surface area contributed by atoms with Crippen molar-refractivity contribution in [1.82, 2.24) is 5.32 Å². The minimum absolute atomic E-state index is 0.0401. The van der Waals surface area contributed by atoms with E-state index in [1.165, 1.54) is 17.0 Å². The fourth-order valence-electron chi connectivity index (χ4n) is 3.29. The fraction of sp³-hybridized carbons (Fsp3) is 0.650. The largest absolute Gasteiger partial charge is 0.416 e. The molecule has 28 heavy (non-hydrogen) atoms. The molecule has 1 aromatic carbocycles. The lowest BCUT2D eigenvalue weighted by Crippen LogP contribution is -3.16. The van der Waals surface area contributed by atoms with Gasteiger partial charge in [-0.3, -0.25) is 4.79 Å². The molecule has 2 rings (SSSR count). The molecule has 0 atom stereocenters. The lowest BCUT2D eigenvalue weighted by atomic mass is 10.1. The first-order valence-corrected chi connectivity index (χ1v) is 9.91. The molecule has 0 spiro atoms. The molecule has 158 valence electrons. The van der Waals surface area contributed by atoms with Crippen LogP contribution in [0.2, 0.25) is 0 Å².